The van der Waals surface area contributed by atoms with Crippen LogP contribution in [0.4, 0.5) is 0 Å². The van der Waals surface area contributed by atoms with Crippen LogP contribution in [-0.4, -0.2) is 4.92 Å². The summed E-state index contributed by atoms with van der Waals surface area (Å²) in [5.41, 5.74) is 0. The van der Waals surface area contributed by atoms with Crippen molar-refractivity contribution in [1.82, 2.24) is 0 Å². The third-order valence-corrected chi connectivity index (χ3v) is 2.95. The number of allylic oxidation sites excluding steroid dienone is 1. The Morgan fingerprint density at radius 2 is 1.35 bits per heavy atom. The van der Waals surface area contributed by atoms with Gasteiger partial charge in [-0.15, -0.1) is 0 Å². The van der Waals surface area contributed by atoms with Crippen molar-refractivity contribution in [2.24, 2.45) is 0 Å². The SMILES string of the molecule is CCCCCCCCCCCC/C=C/[N+](=O)[O-]. The van der Waals surface area contributed by atoms with E-state index in [1.54, 1.807) is 6.08 Å². The van der Waals surface area contributed by atoms with Gasteiger partial charge in [0.25, 0.3) is 0 Å². The lowest BCUT2D eigenvalue weighted by Crippen LogP contribution is -1.83. The van der Waals surface area contributed by atoms with Gasteiger partial charge in [0.2, 0.25) is 6.20 Å². The van der Waals surface area contributed by atoms with E-state index in [4.69, 9.17) is 0 Å². The van der Waals surface area contributed by atoms with Crippen LogP contribution in [0, 0.1) is 10.1 Å². The van der Waals surface area contributed by atoms with E-state index in [-0.39, 0.29) is 0 Å². The van der Waals surface area contributed by atoms with Crippen LogP contribution < -0.4 is 0 Å². The molecule has 3 heteroatoms. The van der Waals surface area contributed by atoms with E-state index in [1.165, 1.54) is 57.8 Å². The topological polar surface area (TPSA) is 43.1 Å². The van der Waals surface area contributed by atoms with Crippen molar-refractivity contribution in [1.29, 1.82) is 0 Å². The van der Waals surface area contributed by atoms with Crippen molar-refractivity contribution < 1.29 is 4.92 Å². The van der Waals surface area contributed by atoms with Gasteiger partial charge in [0.05, 0.1) is 4.92 Å². The molecule has 0 spiro atoms. The van der Waals surface area contributed by atoms with Crippen LogP contribution in [0.15, 0.2) is 12.3 Å². The average molecular weight is 241 g/mol. The van der Waals surface area contributed by atoms with Crippen LogP contribution in [0.5, 0.6) is 0 Å². The van der Waals surface area contributed by atoms with Crippen LogP contribution in [0.2, 0.25) is 0 Å². The zero-order chi connectivity index (χ0) is 12.8. The predicted octanol–water partition coefficient (Wildman–Crippen LogP) is 5.09. The third-order valence-electron chi connectivity index (χ3n) is 2.95. The van der Waals surface area contributed by atoms with Gasteiger partial charge in [-0.3, -0.25) is 10.1 Å². The second-order valence-corrected chi connectivity index (χ2v) is 4.64. The Labute approximate surface area is 105 Å². The molecular weight excluding hydrogens is 214 g/mol. The van der Waals surface area contributed by atoms with Crippen molar-refractivity contribution in [3.8, 4) is 0 Å². The maximum absolute atomic E-state index is 10.0. The molecule has 100 valence electrons. The zero-order valence-corrected chi connectivity index (χ0v) is 11.2. The van der Waals surface area contributed by atoms with Gasteiger partial charge < -0.3 is 0 Å². The molecule has 0 aromatic carbocycles. The third kappa shape index (κ3) is 15.1. The molecule has 0 fully saturated rings. The van der Waals surface area contributed by atoms with Gasteiger partial charge in [-0.05, 0) is 18.9 Å². The molecule has 0 atom stereocenters. The fourth-order valence-corrected chi connectivity index (χ4v) is 1.91. The second-order valence-electron chi connectivity index (χ2n) is 4.64. The zero-order valence-electron chi connectivity index (χ0n) is 11.2. The number of nitrogens with zero attached hydrogens (tertiary/aromatic N) is 1. The minimum atomic E-state index is -0.393. The first-order chi connectivity index (χ1) is 8.27. The Morgan fingerprint density at radius 1 is 0.882 bits per heavy atom. The van der Waals surface area contributed by atoms with Crippen LogP contribution in [0.1, 0.15) is 77.6 Å². The number of hydrogen-bond acceptors (Lipinski definition) is 2. The molecule has 0 unspecified atom stereocenters. The monoisotopic (exact) mass is 241 g/mol. The summed E-state index contributed by atoms with van der Waals surface area (Å²) in [6.45, 7) is 2.24. The van der Waals surface area contributed by atoms with Gasteiger partial charge in [-0.25, -0.2) is 0 Å². The Kier molecular flexibility index (Phi) is 12.5. The Hall–Kier alpha value is -0.860. The highest BCUT2D eigenvalue weighted by molar-refractivity contribution is 4.71. The lowest BCUT2D eigenvalue weighted by atomic mass is 10.1. The minimum absolute atomic E-state index is 0.393. The summed E-state index contributed by atoms with van der Waals surface area (Å²) < 4.78 is 0. The van der Waals surface area contributed by atoms with E-state index >= 15 is 0 Å². The second kappa shape index (κ2) is 13.2. The molecule has 0 rings (SSSR count). The maximum Gasteiger partial charge on any atom is 0.230 e. The molecule has 0 amide bonds. The summed E-state index contributed by atoms with van der Waals surface area (Å²) in [4.78, 5) is 9.61. The number of rotatable bonds is 12. The molecule has 0 radical (unpaired) electrons. The molecule has 0 aliphatic rings. The van der Waals surface area contributed by atoms with E-state index in [0.717, 1.165) is 19.0 Å². The summed E-state index contributed by atoms with van der Waals surface area (Å²) in [7, 11) is 0. The molecule has 0 N–H and O–H groups in total. The smallest absolute Gasteiger partial charge is 0.230 e. The average Bonchev–Trinajstić information content (AvgIpc) is 2.30. The van der Waals surface area contributed by atoms with E-state index in [0.29, 0.717) is 0 Å². The van der Waals surface area contributed by atoms with E-state index in [2.05, 4.69) is 6.92 Å². The summed E-state index contributed by atoms with van der Waals surface area (Å²) in [6, 6.07) is 0. The first-order valence-electron chi connectivity index (χ1n) is 7.07. The molecule has 0 saturated carbocycles. The highest BCUT2D eigenvalue weighted by Crippen LogP contribution is 2.11. The maximum atomic E-state index is 10.0. The number of hydrogen-bond donors (Lipinski definition) is 0. The Balaban J connectivity index is 3.01. The van der Waals surface area contributed by atoms with Gasteiger partial charge in [-0.1, -0.05) is 64.7 Å². The van der Waals surface area contributed by atoms with Gasteiger partial charge in [-0.2, -0.15) is 0 Å². The van der Waals surface area contributed by atoms with Crippen LogP contribution in [0.3, 0.4) is 0 Å². The quantitative estimate of drug-likeness (QED) is 0.271. The largest absolute Gasteiger partial charge is 0.259 e. The van der Waals surface area contributed by atoms with Crippen LogP contribution in [0.25, 0.3) is 0 Å². The molecule has 0 aromatic heterocycles. The lowest BCUT2D eigenvalue weighted by molar-refractivity contribution is -0.402. The molecule has 17 heavy (non-hydrogen) atoms. The van der Waals surface area contributed by atoms with Gasteiger partial charge in [0, 0.05) is 0 Å². The summed E-state index contributed by atoms with van der Waals surface area (Å²) in [5, 5.41) is 10.0. The van der Waals surface area contributed by atoms with Gasteiger partial charge in [0.15, 0.2) is 0 Å². The number of nitro groups is 1. The van der Waals surface area contributed by atoms with E-state index in [1.807, 2.05) is 0 Å². The minimum Gasteiger partial charge on any atom is -0.259 e. The first-order valence-corrected chi connectivity index (χ1v) is 7.07. The lowest BCUT2D eigenvalue weighted by Gasteiger charge is -2.00. The molecule has 0 bridgehead atoms. The highest BCUT2D eigenvalue weighted by atomic mass is 16.6. The first kappa shape index (κ1) is 16.1. The fraction of sp³-hybridized carbons (Fsp3) is 0.857. The standard InChI is InChI=1S/C14H27NO2/c1-2-3-4-5-6-7-8-9-10-11-12-13-14-15(16)17/h13-14H,2-12H2,1H3/b14-13+. The molecule has 0 aliphatic carbocycles. The highest BCUT2D eigenvalue weighted by Gasteiger charge is 1.92. The van der Waals surface area contributed by atoms with E-state index < -0.39 is 4.92 Å². The summed E-state index contributed by atoms with van der Waals surface area (Å²) in [5.74, 6) is 0. The molecule has 0 heterocycles. The molecular formula is C14H27NO2. The Bertz CT molecular complexity index is 202. The molecule has 3 nitrogen and oxygen atoms in total. The van der Waals surface area contributed by atoms with Crippen molar-refractivity contribution in [2.45, 2.75) is 77.6 Å². The van der Waals surface area contributed by atoms with Crippen molar-refractivity contribution >= 4 is 0 Å². The van der Waals surface area contributed by atoms with Gasteiger partial charge in [0.1, 0.15) is 0 Å². The van der Waals surface area contributed by atoms with Gasteiger partial charge >= 0.3 is 0 Å². The normalized spacial score (nSPS) is 11.1. The van der Waals surface area contributed by atoms with E-state index in [9.17, 15) is 10.1 Å². The number of unbranched alkanes of at least 4 members (excludes halogenated alkanes) is 10. The predicted molar refractivity (Wildman–Crippen MR) is 72.6 cm³/mol. The molecule has 0 saturated heterocycles. The van der Waals surface area contributed by atoms with Crippen molar-refractivity contribution in [2.75, 3.05) is 0 Å². The van der Waals surface area contributed by atoms with Crippen LogP contribution >= 0.6 is 0 Å². The van der Waals surface area contributed by atoms with Crippen molar-refractivity contribution in [3.63, 3.8) is 0 Å². The fourth-order valence-electron chi connectivity index (χ4n) is 1.91. The van der Waals surface area contributed by atoms with Crippen molar-refractivity contribution in [3.05, 3.63) is 22.4 Å². The Morgan fingerprint density at radius 3 is 1.82 bits per heavy atom. The summed E-state index contributed by atoms with van der Waals surface area (Å²) in [6.07, 6.45) is 16.6. The molecule has 0 aromatic rings. The molecule has 0 aliphatic heterocycles. The summed E-state index contributed by atoms with van der Waals surface area (Å²) >= 11 is 0. The van der Waals surface area contributed by atoms with Crippen LogP contribution in [-0.2, 0) is 0 Å².